The summed E-state index contributed by atoms with van der Waals surface area (Å²) in [5.41, 5.74) is 2.02. The number of aromatic amines is 1. The van der Waals surface area contributed by atoms with Crippen LogP contribution < -0.4 is 10.6 Å². The highest BCUT2D eigenvalue weighted by Crippen LogP contribution is 2.22. The van der Waals surface area contributed by atoms with Crippen LogP contribution in [-0.4, -0.2) is 29.4 Å². The SMILES string of the molecule is CNC(=O)CCC(C)(C)NC(=O)c1[nH]c2ccccc2c1C. The maximum absolute atomic E-state index is 12.5. The molecule has 0 atom stereocenters. The quantitative estimate of drug-likeness (QED) is 0.794. The van der Waals surface area contributed by atoms with Crippen molar-refractivity contribution in [2.75, 3.05) is 7.05 Å². The van der Waals surface area contributed by atoms with E-state index in [4.69, 9.17) is 0 Å². The summed E-state index contributed by atoms with van der Waals surface area (Å²) in [5.74, 6) is -0.167. The van der Waals surface area contributed by atoms with E-state index in [9.17, 15) is 9.59 Å². The number of hydrogen-bond acceptors (Lipinski definition) is 2. The van der Waals surface area contributed by atoms with Gasteiger partial charge in [0.05, 0.1) is 0 Å². The number of benzene rings is 1. The fourth-order valence-electron chi connectivity index (χ4n) is 2.49. The first kappa shape index (κ1) is 16.1. The molecule has 0 aliphatic rings. The van der Waals surface area contributed by atoms with Gasteiger partial charge >= 0.3 is 0 Å². The van der Waals surface area contributed by atoms with Crippen molar-refractivity contribution in [2.24, 2.45) is 0 Å². The average molecular weight is 301 g/mol. The van der Waals surface area contributed by atoms with Crippen LogP contribution in [-0.2, 0) is 4.79 Å². The van der Waals surface area contributed by atoms with Gasteiger partial charge in [0.15, 0.2) is 0 Å². The Morgan fingerprint density at radius 1 is 1.23 bits per heavy atom. The van der Waals surface area contributed by atoms with Gasteiger partial charge in [-0.15, -0.1) is 0 Å². The molecule has 1 heterocycles. The zero-order valence-electron chi connectivity index (χ0n) is 13.5. The predicted molar refractivity (Wildman–Crippen MR) is 87.9 cm³/mol. The monoisotopic (exact) mass is 301 g/mol. The van der Waals surface area contributed by atoms with Crippen LogP contribution in [0.2, 0.25) is 0 Å². The highest BCUT2D eigenvalue weighted by Gasteiger charge is 2.24. The van der Waals surface area contributed by atoms with Crippen molar-refractivity contribution in [3.05, 3.63) is 35.5 Å². The Morgan fingerprint density at radius 3 is 2.55 bits per heavy atom. The number of aromatic nitrogens is 1. The first-order valence-corrected chi connectivity index (χ1v) is 7.44. The molecule has 0 bridgehead atoms. The molecule has 22 heavy (non-hydrogen) atoms. The van der Waals surface area contributed by atoms with Crippen LogP contribution in [0.25, 0.3) is 10.9 Å². The van der Waals surface area contributed by atoms with Crippen molar-refractivity contribution in [3.63, 3.8) is 0 Å². The highest BCUT2D eigenvalue weighted by molar-refractivity contribution is 6.01. The third-order valence-electron chi connectivity index (χ3n) is 3.90. The Hall–Kier alpha value is -2.30. The lowest BCUT2D eigenvalue weighted by Crippen LogP contribution is -2.44. The van der Waals surface area contributed by atoms with Crippen molar-refractivity contribution in [1.82, 2.24) is 15.6 Å². The molecule has 0 aliphatic heterocycles. The molecular weight excluding hydrogens is 278 g/mol. The third-order valence-corrected chi connectivity index (χ3v) is 3.90. The number of H-pyrrole nitrogens is 1. The molecule has 0 fully saturated rings. The van der Waals surface area contributed by atoms with E-state index >= 15 is 0 Å². The molecule has 0 saturated heterocycles. The lowest BCUT2D eigenvalue weighted by atomic mass is 9.97. The van der Waals surface area contributed by atoms with Crippen molar-refractivity contribution in [2.45, 2.75) is 39.2 Å². The summed E-state index contributed by atoms with van der Waals surface area (Å²) >= 11 is 0. The Kier molecular flexibility index (Phi) is 4.54. The molecule has 1 aromatic carbocycles. The molecule has 2 aromatic rings. The molecule has 5 heteroatoms. The van der Waals surface area contributed by atoms with E-state index in [1.54, 1.807) is 7.05 Å². The molecule has 118 valence electrons. The summed E-state index contributed by atoms with van der Waals surface area (Å²) in [6.07, 6.45) is 0.965. The number of amides is 2. The van der Waals surface area contributed by atoms with Crippen molar-refractivity contribution in [1.29, 1.82) is 0 Å². The number of fused-ring (bicyclic) bond motifs is 1. The first-order chi connectivity index (χ1) is 10.3. The van der Waals surface area contributed by atoms with Gasteiger partial charge in [-0.05, 0) is 38.8 Å². The molecule has 1 aromatic heterocycles. The molecule has 5 nitrogen and oxygen atoms in total. The lowest BCUT2D eigenvalue weighted by molar-refractivity contribution is -0.121. The summed E-state index contributed by atoms with van der Waals surface area (Å²) in [6.45, 7) is 5.78. The van der Waals surface area contributed by atoms with E-state index in [1.165, 1.54) is 0 Å². The van der Waals surface area contributed by atoms with Gasteiger partial charge in [0.1, 0.15) is 5.69 Å². The van der Waals surface area contributed by atoms with Crippen LogP contribution in [0.3, 0.4) is 0 Å². The van der Waals surface area contributed by atoms with Crippen LogP contribution in [0, 0.1) is 6.92 Å². The van der Waals surface area contributed by atoms with Crippen molar-refractivity contribution in [3.8, 4) is 0 Å². The molecular formula is C17H23N3O2. The minimum absolute atomic E-state index is 0.0240. The molecule has 0 unspecified atom stereocenters. The summed E-state index contributed by atoms with van der Waals surface area (Å²) < 4.78 is 0. The minimum Gasteiger partial charge on any atom is -0.359 e. The number of rotatable bonds is 5. The molecule has 0 saturated carbocycles. The van der Waals surface area contributed by atoms with Gasteiger partial charge in [-0.25, -0.2) is 0 Å². The maximum atomic E-state index is 12.5. The first-order valence-electron chi connectivity index (χ1n) is 7.44. The average Bonchev–Trinajstić information content (AvgIpc) is 2.82. The van der Waals surface area contributed by atoms with Gasteiger partial charge in [0.25, 0.3) is 5.91 Å². The molecule has 0 aliphatic carbocycles. The molecule has 3 N–H and O–H groups in total. The standard InChI is InChI=1S/C17H23N3O2/c1-11-12-7-5-6-8-13(12)19-15(11)16(22)20-17(2,3)10-9-14(21)18-4/h5-8,19H,9-10H2,1-4H3,(H,18,21)(H,20,22). The Balaban J connectivity index is 2.13. The number of para-hydroxylation sites is 1. The van der Waals surface area contributed by atoms with Gasteiger partial charge < -0.3 is 15.6 Å². The number of carbonyl (C=O) groups is 2. The molecule has 0 radical (unpaired) electrons. The highest BCUT2D eigenvalue weighted by atomic mass is 16.2. The van der Waals surface area contributed by atoms with E-state index in [1.807, 2.05) is 45.0 Å². The van der Waals surface area contributed by atoms with Gasteiger partial charge in [-0.2, -0.15) is 0 Å². The second-order valence-corrected chi connectivity index (χ2v) is 6.18. The normalized spacial score (nSPS) is 11.5. The van der Waals surface area contributed by atoms with Gasteiger partial charge in [-0.1, -0.05) is 18.2 Å². The van der Waals surface area contributed by atoms with Crippen LogP contribution >= 0.6 is 0 Å². The fourth-order valence-corrected chi connectivity index (χ4v) is 2.49. The van der Waals surface area contributed by atoms with Gasteiger partial charge in [0.2, 0.25) is 5.91 Å². The van der Waals surface area contributed by atoms with Crippen LogP contribution in [0.15, 0.2) is 24.3 Å². The Bertz CT molecular complexity index is 701. The van der Waals surface area contributed by atoms with Gasteiger partial charge in [-0.3, -0.25) is 9.59 Å². The van der Waals surface area contributed by atoms with E-state index in [2.05, 4.69) is 15.6 Å². The topological polar surface area (TPSA) is 74.0 Å². The largest absolute Gasteiger partial charge is 0.359 e. The van der Waals surface area contributed by atoms with Crippen LogP contribution in [0.1, 0.15) is 42.7 Å². The third kappa shape index (κ3) is 3.47. The number of nitrogens with one attached hydrogen (secondary N) is 3. The predicted octanol–water partition coefficient (Wildman–Crippen LogP) is 2.51. The second kappa shape index (κ2) is 6.22. The second-order valence-electron chi connectivity index (χ2n) is 6.18. The van der Waals surface area contributed by atoms with Crippen LogP contribution in [0.5, 0.6) is 0 Å². The smallest absolute Gasteiger partial charge is 0.268 e. The summed E-state index contributed by atoms with van der Waals surface area (Å²) in [5, 5.41) is 6.65. The van der Waals surface area contributed by atoms with E-state index in [0.717, 1.165) is 16.5 Å². The molecule has 0 spiro atoms. The Morgan fingerprint density at radius 2 is 1.91 bits per heavy atom. The zero-order chi connectivity index (χ0) is 16.3. The van der Waals surface area contributed by atoms with Crippen LogP contribution in [0.4, 0.5) is 0 Å². The van der Waals surface area contributed by atoms with E-state index in [0.29, 0.717) is 18.5 Å². The fraction of sp³-hybridized carbons (Fsp3) is 0.412. The number of aryl methyl sites for hydroxylation is 1. The minimum atomic E-state index is -0.451. The van der Waals surface area contributed by atoms with E-state index < -0.39 is 5.54 Å². The Labute approximate surface area is 130 Å². The maximum Gasteiger partial charge on any atom is 0.268 e. The summed E-state index contributed by atoms with van der Waals surface area (Å²) in [4.78, 5) is 27.0. The van der Waals surface area contributed by atoms with Crippen molar-refractivity contribution < 1.29 is 9.59 Å². The molecule has 2 amide bonds. The zero-order valence-corrected chi connectivity index (χ0v) is 13.5. The van der Waals surface area contributed by atoms with E-state index in [-0.39, 0.29) is 11.8 Å². The summed E-state index contributed by atoms with van der Waals surface area (Å²) in [6, 6.07) is 7.84. The summed E-state index contributed by atoms with van der Waals surface area (Å²) in [7, 11) is 1.61. The van der Waals surface area contributed by atoms with Gasteiger partial charge in [0, 0.05) is 29.9 Å². The van der Waals surface area contributed by atoms with Crippen molar-refractivity contribution >= 4 is 22.7 Å². The number of carbonyl (C=O) groups excluding carboxylic acids is 2. The molecule has 2 rings (SSSR count). The number of hydrogen-bond donors (Lipinski definition) is 3. The lowest BCUT2D eigenvalue weighted by Gasteiger charge is -2.26.